The van der Waals surface area contributed by atoms with Crippen LogP contribution in [0.25, 0.3) is 0 Å². The van der Waals surface area contributed by atoms with Gasteiger partial charge in [0.05, 0.1) is 18.5 Å². The van der Waals surface area contributed by atoms with Gasteiger partial charge in [-0.15, -0.1) is 0 Å². The van der Waals surface area contributed by atoms with Crippen LogP contribution >= 0.6 is 0 Å². The van der Waals surface area contributed by atoms with Crippen LogP contribution in [0.4, 0.5) is 0 Å². The van der Waals surface area contributed by atoms with E-state index in [0.717, 1.165) is 25.7 Å². The van der Waals surface area contributed by atoms with E-state index in [1.54, 1.807) is 4.31 Å². The van der Waals surface area contributed by atoms with Crippen LogP contribution in [0.3, 0.4) is 0 Å². The second-order valence-electron chi connectivity index (χ2n) is 5.89. The van der Waals surface area contributed by atoms with Crippen molar-refractivity contribution in [1.29, 1.82) is 0 Å². The molecule has 2 N–H and O–H groups in total. The number of hydrogen-bond donors (Lipinski definition) is 1. The Hall–Kier alpha value is -0.170. The predicted octanol–water partition coefficient (Wildman–Crippen LogP) is 1.72. The van der Waals surface area contributed by atoms with Crippen molar-refractivity contribution in [3.63, 3.8) is 0 Å². The van der Waals surface area contributed by atoms with Crippen molar-refractivity contribution in [2.45, 2.75) is 64.5 Å². The van der Waals surface area contributed by atoms with Crippen LogP contribution in [0.2, 0.25) is 0 Å². The Morgan fingerprint density at radius 2 is 1.85 bits per heavy atom. The Kier molecular flexibility index (Phi) is 6.91. The van der Waals surface area contributed by atoms with Gasteiger partial charge in [0, 0.05) is 18.6 Å². The summed E-state index contributed by atoms with van der Waals surface area (Å²) in [7, 11) is -3.31. The SMILES string of the molecule is CCN(C1(CN)CCCCC1)S(=O)(=O)CCOC(C)C. The smallest absolute Gasteiger partial charge is 0.216 e. The molecule has 0 radical (unpaired) electrons. The molecular formula is C14H30N2O3S. The van der Waals surface area contributed by atoms with Crippen molar-refractivity contribution in [2.24, 2.45) is 5.73 Å². The van der Waals surface area contributed by atoms with Gasteiger partial charge in [0.15, 0.2) is 0 Å². The van der Waals surface area contributed by atoms with Crippen molar-refractivity contribution in [3.05, 3.63) is 0 Å². The Morgan fingerprint density at radius 1 is 1.25 bits per heavy atom. The molecule has 120 valence electrons. The summed E-state index contributed by atoms with van der Waals surface area (Å²) < 4.78 is 32.2. The molecule has 0 amide bonds. The molecule has 6 heteroatoms. The normalized spacial score (nSPS) is 19.7. The quantitative estimate of drug-likeness (QED) is 0.741. The third-order valence-corrected chi connectivity index (χ3v) is 6.11. The zero-order chi connectivity index (χ0) is 15.2. The summed E-state index contributed by atoms with van der Waals surface area (Å²) in [5, 5.41) is 0. The van der Waals surface area contributed by atoms with Crippen LogP contribution in [-0.4, -0.2) is 49.8 Å². The van der Waals surface area contributed by atoms with E-state index < -0.39 is 10.0 Å². The summed E-state index contributed by atoms with van der Waals surface area (Å²) in [5.74, 6) is 0.0424. The van der Waals surface area contributed by atoms with E-state index in [2.05, 4.69) is 0 Å². The molecule has 0 aromatic rings. The minimum atomic E-state index is -3.31. The lowest BCUT2D eigenvalue weighted by Gasteiger charge is -2.44. The van der Waals surface area contributed by atoms with Crippen LogP contribution in [0, 0.1) is 0 Å². The van der Waals surface area contributed by atoms with Crippen molar-refractivity contribution in [3.8, 4) is 0 Å². The number of ether oxygens (including phenoxy) is 1. The van der Waals surface area contributed by atoms with E-state index >= 15 is 0 Å². The van der Waals surface area contributed by atoms with Crippen molar-refractivity contribution < 1.29 is 13.2 Å². The second-order valence-corrected chi connectivity index (χ2v) is 7.90. The molecule has 0 heterocycles. The summed E-state index contributed by atoms with van der Waals surface area (Å²) in [5.41, 5.74) is 5.58. The molecule has 0 bridgehead atoms. The molecule has 0 aromatic carbocycles. The van der Waals surface area contributed by atoms with Gasteiger partial charge in [0.2, 0.25) is 10.0 Å². The summed E-state index contributed by atoms with van der Waals surface area (Å²) in [6, 6.07) is 0. The molecule has 1 saturated carbocycles. The van der Waals surface area contributed by atoms with Crippen LogP contribution in [0.15, 0.2) is 0 Å². The molecule has 1 aliphatic rings. The molecule has 0 unspecified atom stereocenters. The number of nitrogens with zero attached hydrogens (tertiary/aromatic N) is 1. The van der Waals surface area contributed by atoms with Gasteiger partial charge >= 0.3 is 0 Å². The predicted molar refractivity (Wildman–Crippen MR) is 82.1 cm³/mol. The van der Waals surface area contributed by atoms with Crippen LogP contribution in [0.5, 0.6) is 0 Å². The standard InChI is InChI=1S/C14H30N2O3S/c1-4-16(14(12-15)8-6-5-7-9-14)20(17,18)11-10-19-13(2)3/h13H,4-12,15H2,1-3H3. The molecule has 1 rings (SSSR count). The van der Waals surface area contributed by atoms with Gasteiger partial charge in [-0.2, -0.15) is 4.31 Å². The van der Waals surface area contributed by atoms with Gasteiger partial charge in [0.1, 0.15) is 0 Å². The lowest BCUT2D eigenvalue weighted by atomic mass is 9.81. The van der Waals surface area contributed by atoms with Gasteiger partial charge in [-0.3, -0.25) is 0 Å². The fraction of sp³-hybridized carbons (Fsp3) is 1.00. The number of likely N-dealkylation sites (N-methyl/N-ethyl adjacent to an activating group) is 1. The highest BCUT2D eigenvalue weighted by Crippen LogP contribution is 2.34. The maximum Gasteiger partial charge on any atom is 0.216 e. The van der Waals surface area contributed by atoms with Gasteiger partial charge in [-0.25, -0.2) is 8.42 Å². The van der Waals surface area contributed by atoms with Crippen molar-refractivity contribution in [2.75, 3.05) is 25.4 Å². The molecular weight excluding hydrogens is 276 g/mol. The summed E-state index contributed by atoms with van der Waals surface area (Å²) in [6.07, 6.45) is 5.11. The Bertz CT molecular complexity index is 376. The maximum absolute atomic E-state index is 12.6. The highest BCUT2D eigenvalue weighted by molar-refractivity contribution is 7.89. The van der Waals surface area contributed by atoms with Gasteiger partial charge in [-0.1, -0.05) is 26.2 Å². The molecule has 0 atom stereocenters. The van der Waals surface area contributed by atoms with Gasteiger partial charge in [0.25, 0.3) is 0 Å². The lowest BCUT2D eigenvalue weighted by Crippen LogP contribution is -2.57. The molecule has 1 fully saturated rings. The van der Waals surface area contributed by atoms with E-state index in [0.29, 0.717) is 13.1 Å². The third kappa shape index (κ3) is 4.41. The Labute approximate surface area is 123 Å². The first-order chi connectivity index (χ1) is 9.38. The van der Waals surface area contributed by atoms with Crippen LogP contribution in [-0.2, 0) is 14.8 Å². The Balaban J connectivity index is 2.81. The molecule has 1 aliphatic carbocycles. The third-order valence-electron chi connectivity index (χ3n) is 4.11. The first-order valence-corrected chi connectivity index (χ1v) is 9.31. The molecule has 0 aliphatic heterocycles. The summed E-state index contributed by atoms with van der Waals surface area (Å²) >= 11 is 0. The first-order valence-electron chi connectivity index (χ1n) is 7.70. The summed E-state index contributed by atoms with van der Waals surface area (Å²) in [4.78, 5) is 0. The highest BCUT2D eigenvalue weighted by atomic mass is 32.2. The number of nitrogens with two attached hydrogens (primary N) is 1. The number of rotatable bonds is 8. The first kappa shape index (κ1) is 17.9. The van der Waals surface area contributed by atoms with Crippen molar-refractivity contribution in [1.82, 2.24) is 4.31 Å². The van der Waals surface area contributed by atoms with E-state index in [1.807, 2.05) is 20.8 Å². The minimum absolute atomic E-state index is 0.0424. The largest absolute Gasteiger partial charge is 0.378 e. The Morgan fingerprint density at radius 3 is 2.30 bits per heavy atom. The monoisotopic (exact) mass is 306 g/mol. The molecule has 5 nitrogen and oxygen atoms in total. The van der Waals surface area contributed by atoms with E-state index in [9.17, 15) is 8.42 Å². The average molecular weight is 306 g/mol. The second kappa shape index (κ2) is 7.73. The topological polar surface area (TPSA) is 72.6 Å². The fourth-order valence-electron chi connectivity index (χ4n) is 3.09. The zero-order valence-electron chi connectivity index (χ0n) is 13.1. The molecule has 0 spiro atoms. The number of sulfonamides is 1. The molecule has 20 heavy (non-hydrogen) atoms. The lowest BCUT2D eigenvalue weighted by molar-refractivity contribution is 0.0887. The fourth-order valence-corrected chi connectivity index (χ4v) is 4.86. The van der Waals surface area contributed by atoms with Crippen LogP contribution < -0.4 is 5.73 Å². The maximum atomic E-state index is 12.6. The molecule has 0 saturated heterocycles. The minimum Gasteiger partial charge on any atom is -0.378 e. The van der Waals surface area contributed by atoms with E-state index in [1.165, 1.54) is 6.42 Å². The zero-order valence-corrected chi connectivity index (χ0v) is 13.9. The highest BCUT2D eigenvalue weighted by Gasteiger charge is 2.42. The van der Waals surface area contributed by atoms with Gasteiger partial charge in [-0.05, 0) is 26.7 Å². The number of hydrogen-bond acceptors (Lipinski definition) is 4. The summed E-state index contributed by atoms with van der Waals surface area (Å²) in [6.45, 7) is 6.86. The van der Waals surface area contributed by atoms with E-state index in [4.69, 9.17) is 10.5 Å². The van der Waals surface area contributed by atoms with Crippen LogP contribution in [0.1, 0.15) is 52.9 Å². The average Bonchev–Trinajstić information content (AvgIpc) is 2.39. The van der Waals surface area contributed by atoms with E-state index in [-0.39, 0.29) is 24.0 Å². The van der Waals surface area contributed by atoms with Gasteiger partial charge < -0.3 is 10.5 Å². The molecule has 0 aromatic heterocycles. The van der Waals surface area contributed by atoms with Crippen molar-refractivity contribution >= 4 is 10.0 Å².